The lowest BCUT2D eigenvalue weighted by molar-refractivity contribution is 0.0594. The first-order valence-corrected chi connectivity index (χ1v) is 10.2. The molecule has 0 saturated carbocycles. The van der Waals surface area contributed by atoms with E-state index in [0.29, 0.717) is 30.2 Å². The number of fused-ring (bicyclic) bond motifs is 4. The zero-order valence-electron chi connectivity index (χ0n) is 15.8. The maximum atomic E-state index is 13.0. The van der Waals surface area contributed by atoms with Crippen molar-refractivity contribution in [1.82, 2.24) is 14.5 Å². The number of benzene rings is 1. The molecule has 1 aromatic carbocycles. The molecule has 2 aliphatic rings. The van der Waals surface area contributed by atoms with Crippen LogP contribution in [0.4, 0.5) is 0 Å². The van der Waals surface area contributed by atoms with Crippen LogP contribution in [0, 0.1) is 5.92 Å². The number of hydrogen-bond acceptors (Lipinski definition) is 3. The summed E-state index contributed by atoms with van der Waals surface area (Å²) in [5.41, 5.74) is 3.29. The van der Waals surface area contributed by atoms with Crippen LogP contribution in [0.15, 0.2) is 65.6 Å². The third kappa shape index (κ3) is 3.36. The van der Waals surface area contributed by atoms with Gasteiger partial charge in [0.1, 0.15) is 0 Å². The number of halogens is 1. The summed E-state index contributed by atoms with van der Waals surface area (Å²) in [7, 11) is 0. The van der Waals surface area contributed by atoms with E-state index in [9.17, 15) is 9.59 Å². The van der Waals surface area contributed by atoms with Gasteiger partial charge >= 0.3 is 0 Å². The van der Waals surface area contributed by atoms with E-state index in [1.165, 1.54) is 0 Å². The maximum Gasteiger partial charge on any atom is 0.253 e. The molecule has 5 rings (SSSR count). The fraction of sp³-hybridized carbons (Fsp3) is 0.261. The minimum absolute atomic E-state index is 0.00957. The number of piperidine rings is 1. The number of rotatable bonds is 2. The molecule has 0 aliphatic carbocycles. The van der Waals surface area contributed by atoms with Crippen molar-refractivity contribution >= 4 is 17.5 Å². The van der Waals surface area contributed by atoms with Gasteiger partial charge in [0.25, 0.3) is 11.5 Å². The van der Waals surface area contributed by atoms with Crippen LogP contribution >= 0.6 is 11.6 Å². The van der Waals surface area contributed by atoms with Crippen LogP contribution in [0.1, 0.15) is 28.4 Å². The number of aromatic nitrogens is 2. The smallest absolute Gasteiger partial charge is 0.253 e. The Morgan fingerprint density at radius 2 is 1.86 bits per heavy atom. The number of pyridine rings is 2. The second-order valence-corrected chi connectivity index (χ2v) is 8.28. The Labute approximate surface area is 173 Å². The van der Waals surface area contributed by atoms with Gasteiger partial charge in [-0.2, -0.15) is 0 Å². The second kappa shape index (κ2) is 7.16. The van der Waals surface area contributed by atoms with Gasteiger partial charge in [0.05, 0.1) is 5.69 Å². The molecule has 0 spiro atoms. The molecule has 2 atom stereocenters. The fourth-order valence-electron chi connectivity index (χ4n) is 4.58. The Bertz CT molecular complexity index is 1130. The van der Waals surface area contributed by atoms with Gasteiger partial charge in [0.2, 0.25) is 0 Å². The van der Waals surface area contributed by atoms with E-state index in [0.717, 1.165) is 23.4 Å². The van der Waals surface area contributed by atoms with Crippen LogP contribution in [0.5, 0.6) is 0 Å². The van der Waals surface area contributed by atoms with Gasteiger partial charge in [-0.05, 0) is 54.8 Å². The molecule has 5 nitrogen and oxygen atoms in total. The van der Waals surface area contributed by atoms with Gasteiger partial charge in [-0.1, -0.05) is 17.7 Å². The SMILES string of the molecule is O=C(c1ccc(Cl)cc1)N1C[C@@H]2C[C@H](C1)c1cc(-c3ccccn3)cc(=O)n1C2. The standard InChI is InChI=1S/C23H20ClN3O2/c24-19-6-4-16(5-7-19)23(29)26-12-15-9-18(14-26)21-10-17(11-22(28)27(21)13-15)20-3-1-2-8-25-20/h1-8,10-11,15,18H,9,12-14H2/t15-,18+/m0/s1. The molecule has 4 heterocycles. The molecule has 0 radical (unpaired) electrons. The van der Waals surface area contributed by atoms with E-state index in [1.54, 1.807) is 36.5 Å². The van der Waals surface area contributed by atoms with Crippen molar-refractivity contribution in [2.45, 2.75) is 18.9 Å². The Morgan fingerprint density at radius 1 is 1.03 bits per heavy atom. The van der Waals surface area contributed by atoms with Crippen LogP contribution < -0.4 is 5.56 Å². The fourth-order valence-corrected chi connectivity index (χ4v) is 4.71. The highest BCUT2D eigenvalue weighted by molar-refractivity contribution is 6.30. The van der Waals surface area contributed by atoms with Gasteiger partial charge in [-0.15, -0.1) is 0 Å². The van der Waals surface area contributed by atoms with Crippen LogP contribution in [-0.2, 0) is 6.54 Å². The third-order valence-corrected chi connectivity index (χ3v) is 6.15. The highest BCUT2D eigenvalue weighted by Crippen LogP contribution is 2.36. The molecule has 0 N–H and O–H groups in total. The summed E-state index contributed by atoms with van der Waals surface area (Å²) < 4.78 is 1.88. The van der Waals surface area contributed by atoms with Gasteiger partial charge in [-0.3, -0.25) is 14.6 Å². The molecule has 3 aromatic rings. The summed E-state index contributed by atoms with van der Waals surface area (Å²) in [6.45, 7) is 1.94. The lowest BCUT2D eigenvalue weighted by Crippen LogP contribution is -2.49. The first-order valence-electron chi connectivity index (χ1n) is 9.79. The number of hydrogen-bond donors (Lipinski definition) is 0. The zero-order chi connectivity index (χ0) is 20.0. The normalized spacial score (nSPS) is 20.2. The average molecular weight is 406 g/mol. The summed E-state index contributed by atoms with van der Waals surface area (Å²) in [4.78, 5) is 32.1. The predicted molar refractivity (Wildman–Crippen MR) is 112 cm³/mol. The molecule has 1 saturated heterocycles. The first kappa shape index (κ1) is 18.1. The second-order valence-electron chi connectivity index (χ2n) is 7.85. The van der Waals surface area contributed by atoms with Crippen LogP contribution in [0.2, 0.25) is 5.02 Å². The average Bonchev–Trinajstić information content (AvgIpc) is 2.75. The topological polar surface area (TPSA) is 55.2 Å². The molecule has 0 unspecified atom stereocenters. The van der Waals surface area contributed by atoms with Crippen molar-refractivity contribution in [3.05, 3.63) is 87.4 Å². The van der Waals surface area contributed by atoms with E-state index in [2.05, 4.69) is 11.1 Å². The maximum absolute atomic E-state index is 13.0. The van der Waals surface area contributed by atoms with Crippen molar-refractivity contribution in [2.75, 3.05) is 13.1 Å². The molecule has 29 heavy (non-hydrogen) atoms. The van der Waals surface area contributed by atoms with Crippen molar-refractivity contribution in [2.24, 2.45) is 5.92 Å². The quantitative estimate of drug-likeness (QED) is 0.651. The molecule has 2 aliphatic heterocycles. The predicted octanol–water partition coefficient (Wildman–Crippen LogP) is 3.82. The lowest BCUT2D eigenvalue weighted by atomic mass is 9.82. The van der Waals surface area contributed by atoms with E-state index in [-0.39, 0.29) is 23.3 Å². The van der Waals surface area contributed by atoms with Crippen molar-refractivity contribution in [3.63, 3.8) is 0 Å². The number of carbonyl (C=O) groups excluding carboxylic acids is 1. The Morgan fingerprint density at radius 3 is 2.62 bits per heavy atom. The monoisotopic (exact) mass is 405 g/mol. The Hall–Kier alpha value is -2.92. The number of nitrogens with zero attached hydrogens (tertiary/aromatic N) is 3. The summed E-state index contributed by atoms with van der Waals surface area (Å²) in [6.07, 6.45) is 2.73. The van der Waals surface area contributed by atoms with Crippen molar-refractivity contribution in [1.29, 1.82) is 0 Å². The number of likely N-dealkylation sites (tertiary alicyclic amines) is 1. The summed E-state index contributed by atoms with van der Waals surface area (Å²) >= 11 is 5.95. The largest absolute Gasteiger partial charge is 0.338 e. The summed E-state index contributed by atoms with van der Waals surface area (Å²) in [5.74, 6) is 0.457. The Kier molecular flexibility index (Phi) is 4.47. The van der Waals surface area contributed by atoms with E-state index < -0.39 is 0 Å². The number of carbonyl (C=O) groups is 1. The van der Waals surface area contributed by atoms with Crippen LogP contribution in [0.25, 0.3) is 11.3 Å². The minimum Gasteiger partial charge on any atom is -0.338 e. The summed E-state index contributed by atoms with van der Waals surface area (Å²) in [5, 5.41) is 0.618. The van der Waals surface area contributed by atoms with Gasteiger partial charge in [0.15, 0.2) is 0 Å². The van der Waals surface area contributed by atoms with Gasteiger partial charge in [0, 0.05) is 59.7 Å². The molecule has 2 bridgehead atoms. The summed E-state index contributed by atoms with van der Waals surface area (Å²) in [6, 6.07) is 16.5. The molecule has 1 amide bonds. The van der Waals surface area contributed by atoms with E-state index in [4.69, 9.17) is 11.6 Å². The molecule has 2 aromatic heterocycles. The third-order valence-electron chi connectivity index (χ3n) is 5.90. The van der Waals surface area contributed by atoms with Crippen LogP contribution in [-0.4, -0.2) is 33.4 Å². The lowest BCUT2D eigenvalue weighted by Gasteiger charge is -2.43. The molecular formula is C23H20ClN3O2. The molecule has 146 valence electrons. The minimum atomic E-state index is 0.00957. The van der Waals surface area contributed by atoms with Crippen molar-refractivity contribution < 1.29 is 4.79 Å². The van der Waals surface area contributed by atoms with Crippen LogP contribution in [0.3, 0.4) is 0 Å². The Balaban J connectivity index is 1.48. The van der Waals surface area contributed by atoms with E-state index in [1.807, 2.05) is 27.7 Å². The van der Waals surface area contributed by atoms with Crippen molar-refractivity contribution in [3.8, 4) is 11.3 Å². The highest BCUT2D eigenvalue weighted by Gasteiger charge is 2.36. The van der Waals surface area contributed by atoms with E-state index >= 15 is 0 Å². The molecule has 6 heteroatoms. The van der Waals surface area contributed by atoms with Gasteiger partial charge < -0.3 is 9.47 Å². The van der Waals surface area contributed by atoms with Gasteiger partial charge in [-0.25, -0.2) is 0 Å². The first-order chi connectivity index (χ1) is 14.1. The number of amides is 1. The highest BCUT2D eigenvalue weighted by atomic mass is 35.5. The molecule has 1 fully saturated rings. The molecular weight excluding hydrogens is 386 g/mol. The zero-order valence-corrected chi connectivity index (χ0v) is 16.5.